The van der Waals surface area contributed by atoms with Crippen molar-refractivity contribution in [2.24, 2.45) is 0 Å². The van der Waals surface area contributed by atoms with Crippen LogP contribution in [0.2, 0.25) is 5.02 Å². The Bertz CT molecular complexity index is 947. The molecule has 6 heteroatoms. The molecule has 30 heavy (non-hydrogen) atoms. The summed E-state index contributed by atoms with van der Waals surface area (Å²) in [5, 5.41) is 3.59. The summed E-state index contributed by atoms with van der Waals surface area (Å²) in [6, 6.07) is 13.9. The van der Waals surface area contributed by atoms with Gasteiger partial charge >= 0.3 is 0 Å². The van der Waals surface area contributed by atoms with Gasteiger partial charge in [-0.05, 0) is 41.0 Å². The molecule has 1 fully saturated rings. The third-order valence-corrected chi connectivity index (χ3v) is 5.39. The van der Waals surface area contributed by atoms with Gasteiger partial charge in [-0.3, -0.25) is 9.69 Å². The van der Waals surface area contributed by atoms with Crippen LogP contribution in [0.1, 0.15) is 16.7 Å². The van der Waals surface area contributed by atoms with Gasteiger partial charge in [-0.1, -0.05) is 41.9 Å². The van der Waals surface area contributed by atoms with Crippen molar-refractivity contribution >= 4 is 23.6 Å². The van der Waals surface area contributed by atoms with Crippen molar-refractivity contribution in [3.05, 3.63) is 81.9 Å². The molecule has 4 rings (SSSR count). The number of ether oxygens (including phenoxy) is 2. The number of nitrogens with zero attached hydrogens (tertiary/aromatic N) is 1. The summed E-state index contributed by atoms with van der Waals surface area (Å²) < 4.78 is 11.1. The van der Waals surface area contributed by atoms with E-state index in [2.05, 4.69) is 34.5 Å². The molecule has 5 nitrogen and oxygen atoms in total. The molecule has 0 saturated carbocycles. The number of nitrogens with one attached hydrogen (secondary N) is 1. The zero-order chi connectivity index (χ0) is 20.8. The van der Waals surface area contributed by atoms with E-state index in [1.807, 2.05) is 18.2 Å². The monoisotopic (exact) mass is 424 g/mol. The Morgan fingerprint density at radius 3 is 2.67 bits per heavy atom. The minimum absolute atomic E-state index is 0.134. The van der Waals surface area contributed by atoms with E-state index in [1.165, 1.54) is 11.6 Å². The summed E-state index contributed by atoms with van der Waals surface area (Å²) in [4.78, 5) is 14.6. The van der Waals surface area contributed by atoms with E-state index in [0.717, 1.165) is 55.3 Å². The van der Waals surface area contributed by atoms with Gasteiger partial charge in [0.2, 0.25) is 5.91 Å². The summed E-state index contributed by atoms with van der Waals surface area (Å²) in [7, 11) is 0. The fourth-order valence-electron chi connectivity index (χ4n) is 3.47. The van der Waals surface area contributed by atoms with Crippen molar-refractivity contribution in [1.82, 2.24) is 10.2 Å². The third-order valence-electron chi connectivity index (χ3n) is 5.16. The van der Waals surface area contributed by atoms with E-state index in [0.29, 0.717) is 18.2 Å². The fourth-order valence-corrected chi connectivity index (χ4v) is 3.65. The van der Waals surface area contributed by atoms with Crippen LogP contribution in [-0.4, -0.2) is 43.7 Å². The Balaban J connectivity index is 1.26. The molecule has 2 aliphatic heterocycles. The maximum absolute atomic E-state index is 12.2. The number of hydrogen-bond donors (Lipinski definition) is 1. The molecule has 2 heterocycles. The maximum Gasteiger partial charge on any atom is 0.244 e. The molecule has 1 saturated heterocycles. The number of carbonyl (C=O) groups excluding carboxylic acids is 1. The number of benzene rings is 2. The second kappa shape index (κ2) is 9.94. The van der Waals surface area contributed by atoms with E-state index in [1.54, 1.807) is 12.1 Å². The standard InChI is InChI=1S/C24H25ClN2O3/c25-22-6-7-23-21(14-22)13-20(17-30-23)5-8-24(28)26-15-18-1-3-19(4-2-18)16-27-9-11-29-12-10-27/h1-8,13-14H,9-12,15-17H2,(H,26,28)/b8-5-. The predicted octanol–water partition coefficient (Wildman–Crippen LogP) is 3.82. The van der Waals surface area contributed by atoms with Crippen molar-refractivity contribution in [2.45, 2.75) is 13.1 Å². The third kappa shape index (κ3) is 5.72. The average Bonchev–Trinajstić information content (AvgIpc) is 2.77. The second-order valence-corrected chi connectivity index (χ2v) is 7.88. The average molecular weight is 425 g/mol. The highest BCUT2D eigenvalue weighted by Gasteiger charge is 2.11. The minimum Gasteiger partial charge on any atom is -0.488 e. The molecule has 1 amide bonds. The van der Waals surface area contributed by atoms with E-state index < -0.39 is 0 Å². The van der Waals surface area contributed by atoms with E-state index in [9.17, 15) is 4.79 Å². The van der Waals surface area contributed by atoms with Gasteiger partial charge in [0, 0.05) is 42.8 Å². The van der Waals surface area contributed by atoms with Gasteiger partial charge < -0.3 is 14.8 Å². The first-order valence-corrected chi connectivity index (χ1v) is 10.5. The van der Waals surface area contributed by atoms with Gasteiger partial charge in [-0.15, -0.1) is 0 Å². The topological polar surface area (TPSA) is 50.8 Å². The van der Waals surface area contributed by atoms with Gasteiger partial charge in [0.25, 0.3) is 0 Å². The smallest absolute Gasteiger partial charge is 0.244 e. The molecule has 0 unspecified atom stereocenters. The maximum atomic E-state index is 12.2. The van der Waals surface area contributed by atoms with E-state index in [4.69, 9.17) is 21.1 Å². The normalized spacial score (nSPS) is 16.6. The van der Waals surface area contributed by atoms with Gasteiger partial charge in [0.05, 0.1) is 13.2 Å². The summed E-state index contributed by atoms with van der Waals surface area (Å²) >= 11 is 6.04. The van der Waals surface area contributed by atoms with Crippen LogP contribution < -0.4 is 10.1 Å². The Hall–Kier alpha value is -2.60. The van der Waals surface area contributed by atoms with Crippen molar-refractivity contribution in [3.8, 4) is 5.75 Å². The first-order valence-electron chi connectivity index (χ1n) is 10.1. The number of halogens is 1. The zero-order valence-electron chi connectivity index (χ0n) is 16.8. The Morgan fingerprint density at radius 1 is 1.10 bits per heavy atom. The minimum atomic E-state index is -0.134. The van der Waals surface area contributed by atoms with Crippen LogP contribution >= 0.6 is 11.6 Å². The lowest BCUT2D eigenvalue weighted by Crippen LogP contribution is -2.35. The van der Waals surface area contributed by atoms with Crippen molar-refractivity contribution in [2.75, 3.05) is 32.9 Å². The number of hydrogen-bond acceptors (Lipinski definition) is 4. The largest absolute Gasteiger partial charge is 0.488 e. The Labute approximate surface area is 181 Å². The van der Waals surface area contributed by atoms with Gasteiger partial charge in [-0.25, -0.2) is 0 Å². The van der Waals surface area contributed by atoms with Crippen LogP contribution in [0.15, 0.2) is 60.2 Å². The van der Waals surface area contributed by atoms with Crippen LogP contribution in [0.5, 0.6) is 5.75 Å². The quantitative estimate of drug-likeness (QED) is 0.716. The van der Waals surface area contributed by atoms with Crippen LogP contribution in [0.4, 0.5) is 0 Å². The molecule has 0 aromatic heterocycles. The van der Waals surface area contributed by atoms with Crippen molar-refractivity contribution < 1.29 is 14.3 Å². The summed E-state index contributed by atoms with van der Waals surface area (Å²) in [6.45, 7) is 5.43. The molecule has 0 bridgehead atoms. The van der Waals surface area contributed by atoms with Crippen LogP contribution in [0.3, 0.4) is 0 Å². The molecule has 0 atom stereocenters. The zero-order valence-corrected chi connectivity index (χ0v) is 17.5. The number of rotatable bonds is 6. The predicted molar refractivity (Wildman–Crippen MR) is 118 cm³/mol. The Kier molecular flexibility index (Phi) is 6.84. The van der Waals surface area contributed by atoms with Crippen molar-refractivity contribution in [1.29, 1.82) is 0 Å². The highest BCUT2D eigenvalue weighted by molar-refractivity contribution is 6.30. The lowest BCUT2D eigenvalue weighted by atomic mass is 10.1. The van der Waals surface area contributed by atoms with Crippen LogP contribution in [-0.2, 0) is 22.6 Å². The molecule has 2 aromatic carbocycles. The molecule has 2 aromatic rings. The molecule has 0 radical (unpaired) electrons. The van der Waals surface area contributed by atoms with Crippen LogP contribution in [0.25, 0.3) is 6.08 Å². The first-order chi connectivity index (χ1) is 14.7. The molecule has 2 aliphatic rings. The molecule has 1 N–H and O–H groups in total. The lowest BCUT2D eigenvalue weighted by molar-refractivity contribution is -0.116. The molecular weight excluding hydrogens is 400 g/mol. The van der Waals surface area contributed by atoms with Crippen LogP contribution in [0, 0.1) is 0 Å². The Morgan fingerprint density at radius 2 is 1.87 bits per heavy atom. The number of fused-ring (bicyclic) bond motifs is 1. The SMILES string of the molecule is O=C(/C=C\C1=Cc2cc(Cl)ccc2OC1)NCc1ccc(CN2CCOCC2)cc1. The number of amides is 1. The highest BCUT2D eigenvalue weighted by Crippen LogP contribution is 2.29. The van der Waals surface area contributed by atoms with Gasteiger partial charge in [0.1, 0.15) is 12.4 Å². The van der Waals surface area contributed by atoms with E-state index >= 15 is 0 Å². The summed E-state index contributed by atoms with van der Waals surface area (Å²) in [5.74, 6) is 0.670. The highest BCUT2D eigenvalue weighted by atomic mass is 35.5. The second-order valence-electron chi connectivity index (χ2n) is 7.45. The molecule has 0 aliphatic carbocycles. The number of morpholine rings is 1. The lowest BCUT2D eigenvalue weighted by Gasteiger charge is -2.26. The molecular formula is C24H25ClN2O3. The van der Waals surface area contributed by atoms with Gasteiger partial charge in [0.15, 0.2) is 0 Å². The number of carbonyl (C=O) groups is 1. The first kappa shape index (κ1) is 20.7. The molecule has 156 valence electrons. The van der Waals surface area contributed by atoms with Crippen molar-refractivity contribution in [3.63, 3.8) is 0 Å². The molecule has 0 spiro atoms. The fraction of sp³-hybridized carbons (Fsp3) is 0.292. The summed E-state index contributed by atoms with van der Waals surface area (Å²) in [6.07, 6.45) is 5.31. The van der Waals surface area contributed by atoms with Gasteiger partial charge in [-0.2, -0.15) is 0 Å². The summed E-state index contributed by atoms with van der Waals surface area (Å²) in [5.41, 5.74) is 4.20. The van der Waals surface area contributed by atoms with E-state index in [-0.39, 0.29) is 5.91 Å².